The lowest BCUT2D eigenvalue weighted by Gasteiger charge is -2.42. The van der Waals surface area contributed by atoms with E-state index in [1.54, 1.807) is 20.3 Å². The molecule has 0 fully saturated rings. The molecule has 33 heavy (non-hydrogen) atoms. The molecule has 2 aromatic rings. The highest BCUT2D eigenvalue weighted by Gasteiger charge is 2.35. The van der Waals surface area contributed by atoms with Crippen LogP contribution in [0.1, 0.15) is 56.8 Å². The summed E-state index contributed by atoms with van der Waals surface area (Å²) in [5.74, 6) is 1.10. The number of methoxy groups -OCH3 is 2. The number of carbonyl (C=O) groups excluding carboxylic acids is 1. The Morgan fingerprint density at radius 3 is 2.45 bits per heavy atom. The minimum absolute atomic E-state index is 0.149. The zero-order valence-corrected chi connectivity index (χ0v) is 20.5. The third kappa shape index (κ3) is 5.96. The number of hydrogen-bond acceptors (Lipinski definition) is 4. The molecule has 1 heterocycles. The number of ether oxygens (including phenoxy) is 2. The summed E-state index contributed by atoms with van der Waals surface area (Å²) >= 11 is 0. The molecule has 180 valence electrons. The lowest BCUT2D eigenvalue weighted by molar-refractivity contribution is 0.133. The summed E-state index contributed by atoms with van der Waals surface area (Å²) in [6, 6.07) is 10.3. The molecule has 3 rings (SSSR count). The zero-order chi connectivity index (χ0) is 24.2. The van der Waals surface area contributed by atoms with Crippen molar-refractivity contribution in [2.45, 2.75) is 64.7 Å². The molecule has 2 atom stereocenters. The van der Waals surface area contributed by atoms with E-state index in [0.29, 0.717) is 30.0 Å². The van der Waals surface area contributed by atoms with Gasteiger partial charge in [-0.3, -0.25) is 4.90 Å². The van der Waals surface area contributed by atoms with Crippen molar-refractivity contribution in [3.63, 3.8) is 0 Å². The van der Waals surface area contributed by atoms with Crippen molar-refractivity contribution >= 4 is 6.03 Å². The molecule has 0 aromatic heterocycles. The maximum absolute atomic E-state index is 14.5. The molecule has 0 saturated carbocycles. The number of fused-ring (bicyclic) bond motifs is 1. The number of benzene rings is 2. The fourth-order valence-corrected chi connectivity index (χ4v) is 4.47. The smallest absolute Gasteiger partial charge is 0.315 e. The number of urea groups is 1. The van der Waals surface area contributed by atoms with Gasteiger partial charge in [0.05, 0.1) is 26.3 Å². The second-order valence-corrected chi connectivity index (χ2v) is 9.53. The number of nitrogens with one attached hydrogen (secondary N) is 2. The first-order chi connectivity index (χ1) is 15.7. The van der Waals surface area contributed by atoms with Crippen LogP contribution in [0, 0.1) is 5.82 Å². The van der Waals surface area contributed by atoms with Crippen LogP contribution in [-0.4, -0.2) is 43.3 Å². The second kappa shape index (κ2) is 10.4. The Hall–Kier alpha value is -2.80. The number of carbonyl (C=O) groups is 1. The first-order valence-electron chi connectivity index (χ1n) is 11.5. The highest BCUT2D eigenvalue weighted by atomic mass is 19.1. The van der Waals surface area contributed by atoms with E-state index in [4.69, 9.17) is 9.47 Å². The molecule has 2 N–H and O–H groups in total. The van der Waals surface area contributed by atoms with Gasteiger partial charge < -0.3 is 20.1 Å². The molecule has 0 spiro atoms. The Morgan fingerprint density at radius 1 is 1.18 bits per heavy atom. The lowest BCUT2D eigenvalue weighted by atomic mass is 9.86. The van der Waals surface area contributed by atoms with Crippen LogP contribution in [0.2, 0.25) is 0 Å². The SMILES string of the molecule is CC[C@H](NC(=O)NC(C)(C)C)[C@@H]1c2cc(OC)c(OC)cc2CCN1Cc1ccccc1F. The molecule has 7 heteroatoms. The van der Waals surface area contributed by atoms with E-state index < -0.39 is 0 Å². The van der Waals surface area contributed by atoms with Gasteiger partial charge in [-0.05, 0) is 62.9 Å². The Kier molecular flexibility index (Phi) is 7.84. The van der Waals surface area contributed by atoms with Gasteiger partial charge in [0, 0.05) is 24.2 Å². The van der Waals surface area contributed by atoms with Crippen molar-refractivity contribution in [3.05, 3.63) is 58.9 Å². The molecular weight excluding hydrogens is 421 g/mol. The van der Waals surface area contributed by atoms with Crippen molar-refractivity contribution in [1.29, 1.82) is 0 Å². The van der Waals surface area contributed by atoms with Crippen LogP contribution in [0.5, 0.6) is 11.5 Å². The lowest BCUT2D eigenvalue weighted by Crippen LogP contribution is -2.54. The zero-order valence-electron chi connectivity index (χ0n) is 20.5. The van der Waals surface area contributed by atoms with Crippen LogP contribution in [0.4, 0.5) is 9.18 Å². The third-order valence-corrected chi connectivity index (χ3v) is 5.98. The molecule has 2 aromatic carbocycles. The predicted octanol–water partition coefficient (Wildman–Crippen LogP) is 4.82. The number of rotatable bonds is 7. The topological polar surface area (TPSA) is 62.8 Å². The summed E-state index contributed by atoms with van der Waals surface area (Å²) in [5, 5.41) is 6.16. The second-order valence-electron chi connectivity index (χ2n) is 9.53. The van der Waals surface area contributed by atoms with Crippen LogP contribution in [0.15, 0.2) is 36.4 Å². The molecule has 0 aliphatic carbocycles. The fraction of sp³-hybridized carbons (Fsp3) is 0.500. The van der Waals surface area contributed by atoms with E-state index in [2.05, 4.69) is 22.5 Å². The van der Waals surface area contributed by atoms with Crippen LogP contribution < -0.4 is 20.1 Å². The summed E-state index contributed by atoms with van der Waals surface area (Å²) in [6.45, 7) is 9.09. The normalized spacial score (nSPS) is 17.1. The van der Waals surface area contributed by atoms with Gasteiger partial charge in [-0.15, -0.1) is 0 Å². The molecule has 0 unspecified atom stereocenters. The van der Waals surface area contributed by atoms with Crippen molar-refractivity contribution in [3.8, 4) is 11.5 Å². The molecule has 1 aliphatic rings. The first kappa shape index (κ1) is 24.8. The molecule has 0 radical (unpaired) electrons. The van der Waals surface area contributed by atoms with Gasteiger partial charge >= 0.3 is 6.03 Å². The van der Waals surface area contributed by atoms with Crippen molar-refractivity contribution < 1.29 is 18.7 Å². The average Bonchev–Trinajstić information content (AvgIpc) is 2.77. The van der Waals surface area contributed by atoms with Gasteiger partial charge in [0.1, 0.15) is 5.82 Å². The number of halogens is 1. The van der Waals surface area contributed by atoms with Crippen LogP contribution >= 0.6 is 0 Å². The molecule has 1 aliphatic heterocycles. The van der Waals surface area contributed by atoms with Gasteiger partial charge in [-0.2, -0.15) is 0 Å². The number of amides is 2. The Morgan fingerprint density at radius 2 is 1.85 bits per heavy atom. The van der Waals surface area contributed by atoms with Crippen molar-refractivity contribution in [1.82, 2.24) is 15.5 Å². The number of nitrogens with zero attached hydrogens (tertiary/aromatic N) is 1. The monoisotopic (exact) mass is 457 g/mol. The summed E-state index contributed by atoms with van der Waals surface area (Å²) in [7, 11) is 3.24. The van der Waals surface area contributed by atoms with E-state index in [1.807, 2.05) is 45.0 Å². The van der Waals surface area contributed by atoms with Crippen molar-refractivity contribution in [2.75, 3.05) is 20.8 Å². The van der Waals surface area contributed by atoms with E-state index in [1.165, 1.54) is 6.07 Å². The summed E-state index contributed by atoms with van der Waals surface area (Å²) < 4.78 is 25.6. The van der Waals surface area contributed by atoms with Crippen LogP contribution in [0.25, 0.3) is 0 Å². The Balaban J connectivity index is 2.01. The maximum atomic E-state index is 14.5. The number of hydrogen-bond donors (Lipinski definition) is 2. The van der Waals surface area contributed by atoms with E-state index in [-0.39, 0.29) is 29.5 Å². The molecule has 6 nitrogen and oxygen atoms in total. The average molecular weight is 458 g/mol. The largest absolute Gasteiger partial charge is 0.493 e. The van der Waals surface area contributed by atoms with E-state index >= 15 is 0 Å². The van der Waals surface area contributed by atoms with Crippen LogP contribution in [0.3, 0.4) is 0 Å². The standard InChI is InChI=1S/C26H36FN3O3/c1-7-21(28-25(31)29-26(2,3)4)24-19-15-23(33-6)22(32-5)14-17(19)12-13-30(24)16-18-10-8-9-11-20(18)27/h8-11,14-15,21,24H,7,12-13,16H2,1-6H3,(H2,28,29,31)/t21-,24-/m0/s1. The molecular formula is C26H36FN3O3. The van der Waals surface area contributed by atoms with Gasteiger partial charge in [0.15, 0.2) is 11.5 Å². The summed E-state index contributed by atoms with van der Waals surface area (Å²) in [6.07, 6.45) is 1.51. The fourth-order valence-electron chi connectivity index (χ4n) is 4.47. The maximum Gasteiger partial charge on any atom is 0.315 e. The highest BCUT2D eigenvalue weighted by molar-refractivity contribution is 5.75. The molecule has 0 bridgehead atoms. The van der Waals surface area contributed by atoms with Crippen LogP contribution in [-0.2, 0) is 13.0 Å². The van der Waals surface area contributed by atoms with Gasteiger partial charge in [-0.25, -0.2) is 9.18 Å². The quantitative estimate of drug-likeness (QED) is 0.626. The first-order valence-corrected chi connectivity index (χ1v) is 11.5. The Labute approximate surface area is 196 Å². The van der Waals surface area contributed by atoms with Gasteiger partial charge in [0.2, 0.25) is 0 Å². The summed E-state index contributed by atoms with van der Waals surface area (Å²) in [5.41, 5.74) is 2.51. The van der Waals surface area contributed by atoms with E-state index in [9.17, 15) is 9.18 Å². The Bertz CT molecular complexity index is 974. The predicted molar refractivity (Wildman–Crippen MR) is 128 cm³/mol. The van der Waals surface area contributed by atoms with Gasteiger partial charge in [-0.1, -0.05) is 25.1 Å². The van der Waals surface area contributed by atoms with E-state index in [0.717, 1.165) is 24.1 Å². The highest BCUT2D eigenvalue weighted by Crippen LogP contribution is 2.40. The van der Waals surface area contributed by atoms with Crippen molar-refractivity contribution in [2.24, 2.45) is 0 Å². The third-order valence-electron chi connectivity index (χ3n) is 5.98. The molecule has 0 saturated heterocycles. The minimum Gasteiger partial charge on any atom is -0.493 e. The minimum atomic E-state index is -0.351. The molecule has 2 amide bonds. The van der Waals surface area contributed by atoms with Gasteiger partial charge in [0.25, 0.3) is 0 Å². The summed E-state index contributed by atoms with van der Waals surface area (Å²) in [4.78, 5) is 15.0.